The summed E-state index contributed by atoms with van der Waals surface area (Å²) in [5.41, 5.74) is 16.3. The van der Waals surface area contributed by atoms with Crippen LogP contribution >= 0.6 is 11.3 Å². The predicted octanol–water partition coefficient (Wildman–Crippen LogP) is 19.1. The van der Waals surface area contributed by atoms with E-state index in [4.69, 9.17) is 23.8 Å². The van der Waals surface area contributed by atoms with Crippen LogP contribution in [0.25, 0.3) is 159 Å². The summed E-state index contributed by atoms with van der Waals surface area (Å²) in [5.74, 6) is 1.80. The van der Waals surface area contributed by atoms with Crippen molar-refractivity contribution in [2.75, 3.05) is 0 Å². The summed E-state index contributed by atoms with van der Waals surface area (Å²) < 4.78 is 18.0. The molecule has 11 aromatic carbocycles. The molecule has 16 aromatic rings. The number of rotatable bonds is 7. The summed E-state index contributed by atoms with van der Waals surface area (Å²) in [5, 5.41) is 9.06. The Morgan fingerprint density at radius 3 is 1.70 bits per heavy atom. The van der Waals surface area contributed by atoms with Gasteiger partial charge in [-0.1, -0.05) is 170 Å². The minimum absolute atomic E-state index is 0.579. The van der Waals surface area contributed by atoms with Crippen LogP contribution in [0.15, 0.2) is 251 Å². The van der Waals surface area contributed by atoms with Crippen LogP contribution < -0.4 is 0 Å². The summed E-state index contributed by atoms with van der Waals surface area (Å²) >= 11 is 1.78. The molecule has 76 heavy (non-hydrogen) atoms. The standard InChI is InChI=1S/C69H40N4O2S/c1-4-14-41(15-5-1)49-21-12-22-54-52-33-29-47(39-62(52)75-66(49)54)68-70-67(42-16-6-2-7-17-42)71-69(72-68)56-23-13-25-63-65(56)55-34-28-46(40-64(55)76-63)45-27-32-53-57-36-43(30-35-60(57)74-61(53)38-45)44-26-31-51-50-20-10-11-24-58(50)73(59(51)37-44)48-18-8-3-9-19-48/h1-40H. The van der Waals surface area contributed by atoms with Gasteiger partial charge in [-0.05, 0) is 101 Å². The molecule has 0 spiro atoms. The molecule has 0 saturated carbocycles. The van der Waals surface area contributed by atoms with Crippen molar-refractivity contribution in [3.63, 3.8) is 0 Å². The summed E-state index contributed by atoms with van der Waals surface area (Å²) in [6, 6.07) is 85.6. The van der Waals surface area contributed by atoms with Crippen LogP contribution in [0.4, 0.5) is 0 Å². The third kappa shape index (κ3) is 6.76. The number of thiophene rings is 1. The highest BCUT2D eigenvalue weighted by Gasteiger charge is 2.21. The van der Waals surface area contributed by atoms with Gasteiger partial charge in [0.25, 0.3) is 0 Å². The topological polar surface area (TPSA) is 69.9 Å². The monoisotopic (exact) mass is 988 g/mol. The number of fused-ring (bicyclic) bond motifs is 12. The Kier molecular flexibility index (Phi) is 9.40. The Morgan fingerprint density at radius 2 is 0.868 bits per heavy atom. The molecule has 0 N–H and O–H groups in total. The van der Waals surface area contributed by atoms with Crippen LogP contribution in [0, 0.1) is 0 Å². The molecular formula is C69H40N4O2S. The lowest BCUT2D eigenvalue weighted by Gasteiger charge is -2.10. The second kappa shape index (κ2) is 16.8. The van der Waals surface area contributed by atoms with E-state index in [0.29, 0.717) is 17.5 Å². The molecule has 0 radical (unpaired) electrons. The fourth-order valence-corrected chi connectivity index (χ4v) is 12.6. The van der Waals surface area contributed by atoms with Gasteiger partial charge >= 0.3 is 0 Å². The largest absolute Gasteiger partial charge is 0.456 e. The molecule has 0 aliphatic rings. The van der Waals surface area contributed by atoms with Gasteiger partial charge in [0.05, 0.1) is 11.0 Å². The van der Waals surface area contributed by atoms with Gasteiger partial charge in [-0.3, -0.25) is 0 Å². The van der Waals surface area contributed by atoms with E-state index in [0.717, 1.165) is 115 Å². The van der Waals surface area contributed by atoms with Crippen molar-refractivity contribution in [2.24, 2.45) is 0 Å². The lowest BCUT2D eigenvalue weighted by Crippen LogP contribution is -2.00. The van der Waals surface area contributed by atoms with Gasteiger partial charge in [0.15, 0.2) is 17.5 Å². The van der Waals surface area contributed by atoms with Gasteiger partial charge in [-0.25, -0.2) is 15.0 Å². The Balaban J connectivity index is 0.764. The Hall–Kier alpha value is -9.95. The lowest BCUT2D eigenvalue weighted by molar-refractivity contribution is 0.669. The Morgan fingerprint density at radius 1 is 0.303 bits per heavy atom. The zero-order chi connectivity index (χ0) is 49.8. The van der Waals surface area contributed by atoms with Crippen LogP contribution in [0.1, 0.15) is 0 Å². The highest BCUT2D eigenvalue weighted by atomic mass is 32.1. The maximum absolute atomic E-state index is 6.68. The quantitative estimate of drug-likeness (QED) is 0.159. The molecule has 0 unspecified atom stereocenters. The fraction of sp³-hybridized carbons (Fsp3) is 0. The number of furan rings is 2. The molecule has 7 heteroatoms. The van der Waals surface area contributed by atoms with Crippen LogP contribution in [-0.4, -0.2) is 19.5 Å². The van der Waals surface area contributed by atoms with Crippen molar-refractivity contribution in [1.29, 1.82) is 0 Å². The zero-order valence-corrected chi connectivity index (χ0v) is 41.4. The van der Waals surface area contributed by atoms with Crippen molar-refractivity contribution in [3.05, 3.63) is 243 Å². The maximum atomic E-state index is 6.68. The first-order chi connectivity index (χ1) is 37.6. The molecule has 0 amide bonds. The normalized spacial score (nSPS) is 11.9. The molecule has 6 nitrogen and oxygen atoms in total. The lowest BCUT2D eigenvalue weighted by atomic mass is 9.99. The third-order valence-corrected chi connectivity index (χ3v) is 16.2. The average molecular weight is 989 g/mol. The Bertz CT molecular complexity index is 4990. The predicted molar refractivity (Wildman–Crippen MR) is 314 cm³/mol. The van der Waals surface area contributed by atoms with Crippen molar-refractivity contribution in [1.82, 2.24) is 19.5 Å². The van der Waals surface area contributed by atoms with E-state index in [2.05, 4.69) is 211 Å². The average Bonchev–Trinajstić information content (AvgIpc) is 4.30. The van der Waals surface area contributed by atoms with Crippen LogP contribution in [0.5, 0.6) is 0 Å². The Labute approximate surface area is 439 Å². The first-order valence-corrected chi connectivity index (χ1v) is 26.3. The SMILES string of the molecule is c1ccc(-c2nc(-c3ccc4c(c3)oc3c(-c5ccccc5)cccc34)nc(-c3cccc4sc5cc(-c6ccc7c(c6)oc6ccc(-c8ccc9c%10ccccc%10n(-c%10ccccc%10)c9c8)cc67)ccc5c34)n2)cc1. The van der Waals surface area contributed by atoms with E-state index in [1.54, 1.807) is 11.3 Å². The summed E-state index contributed by atoms with van der Waals surface area (Å²) in [4.78, 5) is 15.6. The van der Waals surface area contributed by atoms with Gasteiger partial charge in [0, 0.05) is 80.4 Å². The van der Waals surface area contributed by atoms with Crippen LogP contribution in [-0.2, 0) is 0 Å². The van der Waals surface area contributed by atoms with E-state index >= 15 is 0 Å². The number of benzene rings is 11. The van der Waals surface area contributed by atoms with Crippen molar-refractivity contribution in [3.8, 4) is 73.2 Å². The molecular weight excluding hydrogens is 949 g/mol. The van der Waals surface area contributed by atoms with E-state index in [-0.39, 0.29) is 0 Å². The number of hydrogen-bond donors (Lipinski definition) is 0. The number of para-hydroxylation sites is 3. The summed E-state index contributed by atoms with van der Waals surface area (Å²) in [6.45, 7) is 0. The minimum Gasteiger partial charge on any atom is -0.456 e. The summed E-state index contributed by atoms with van der Waals surface area (Å²) in [6.07, 6.45) is 0. The molecule has 0 atom stereocenters. The minimum atomic E-state index is 0.579. The van der Waals surface area contributed by atoms with E-state index in [1.165, 1.54) is 26.5 Å². The highest BCUT2D eigenvalue weighted by molar-refractivity contribution is 7.26. The fourth-order valence-electron chi connectivity index (χ4n) is 11.5. The molecule has 0 aliphatic carbocycles. The molecule has 0 aliphatic heterocycles. The molecule has 0 fully saturated rings. The van der Waals surface area contributed by atoms with Crippen molar-refractivity contribution < 1.29 is 8.83 Å². The molecule has 16 rings (SSSR count). The van der Waals surface area contributed by atoms with Crippen molar-refractivity contribution in [2.45, 2.75) is 0 Å². The number of aromatic nitrogens is 4. The van der Waals surface area contributed by atoms with E-state index in [1.807, 2.05) is 36.4 Å². The second-order valence-electron chi connectivity index (χ2n) is 19.5. The molecule has 5 aromatic heterocycles. The summed E-state index contributed by atoms with van der Waals surface area (Å²) in [7, 11) is 0. The van der Waals surface area contributed by atoms with Gasteiger partial charge in [-0.15, -0.1) is 11.3 Å². The second-order valence-corrected chi connectivity index (χ2v) is 20.6. The van der Waals surface area contributed by atoms with E-state index < -0.39 is 0 Å². The molecule has 354 valence electrons. The molecule has 0 saturated heterocycles. The van der Waals surface area contributed by atoms with Crippen LogP contribution in [0.3, 0.4) is 0 Å². The van der Waals surface area contributed by atoms with Crippen LogP contribution in [0.2, 0.25) is 0 Å². The highest BCUT2D eigenvalue weighted by Crippen LogP contribution is 2.44. The van der Waals surface area contributed by atoms with Gasteiger partial charge in [0.1, 0.15) is 22.3 Å². The van der Waals surface area contributed by atoms with Gasteiger partial charge in [0.2, 0.25) is 0 Å². The first kappa shape index (κ1) is 42.5. The number of hydrogen-bond acceptors (Lipinski definition) is 6. The van der Waals surface area contributed by atoms with E-state index in [9.17, 15) is 0 Å². The smallest absolute Gasteiger partial charge is 0.164 e. The zero-order valence-electron chi connectivity index (χ0n) is 40.6. The van der Waals surface area contributed by atoms with Gasteiger partial charge in [-0.2, -0.15) is 0 Å². The first-order valence-electron chi connectivity index (χ1n) is 25.5. The van der Waals surface area contributed by atoms with Crippen molar-refractivity contribution >= 4 is 97.2 Å². The molecule has 5 heterocycles. The number of nitrogens with zero attached hydrogens (tertiary/aromatic N) is 4. The third-order valence-electron chi connectivity index (χ3n) is 15.1. The van der Waals surface area contributed by atoms with Gasteiger partial charge < -0.3 is 13.4 Å². The maximum Gasteiger partial charge on any atom is 0.164 e. The molecule has 0 bridgehead atoms.